The van der Waals surface area contributed by atoms with Gasteiger partial charge in [-0.1, -0.05) is 5.16 Å². The van der Waals surface area contributed by atoms with Crippen molar-refractivity contribution >= 4 is 16.6 Å². The number of aromatic nitrogens is 1. The number of phenolic OH excluding ortho intramolecular Hbond substituents is 1. The minimum absolute atomic E-state index is 0.220. The van der Waals surface area contributed by atoms with Crippen LogP contribution in [-0.2, 0) is 0 Å². The van der Waals surface area contributed by atoms with Gasteiger partial charge in [-0.2, -0.15) is 0 Å². The Labute approximate surface area is 97.3 Å². The van der Waals surface area contributed by atoms with E-state index in [4.69, 9.17) is 10.3 Å². The second kappa shape index (κ2) is 3.52. The number of rotatable bonds is 1. The Morgan fingerprint density at radius 2 is 1.82 bits per heavy atom. The van der Waals surface area contributed by atoms with Crippen molar-refractivity contribution in [2.45, 2.75) is 0 Å². The first kappa shape index (κ1) is 9.72. The number of nitrogen functional groups attached to an aromatic ring is 1. The molecule has 4 heteroatoms. The second-order valence-electron chi connectivity index (χ2n) is 3.84. The van der Waals surface area contributed by atoms with E-state index in [1.165, 1.54) is 0 Å². The first-order valence-corrected chi connectivity index (χ1v) is 5.18. The normalized spacial score (nSPS) is 10.8. The van der Waals surface area contributed by atoms with Gasteiger partial charge in [0.05, 0.1) is 5.39 Å². The summed E-state index contributed by atoms with van der Waals surface area (Å²) >= 11 is 0. The molecule has 2 aromatic carbocycles. The third-order valence-corrected chi connectivity index (χ3v) is 2.63. The van der Waals surface area contributed by atoms with Crippen molar-refractivity contribution in [2.24, 2.45) is 0 Å². The van der Waals surface area contributed by atoms with E-state index in [2.05, 4.69) is 5.16 Å². The van der Waals surface area contributed by atoms with E-state index in [1.807, 2.05) is 12.1 Å². The Morgan fingerprint density at radius 1 is 1.06 bits per heavy atom. The summed E-state index contributed by atoms with van der Waals surface area (Å²) in [5.74, 6) is 0.879. The van der Waals surface area contributed by atoms with Gasteiger partial charge in [-0.25, -0.2) is 0 Å². The van der Waals surface area contributed by atoms with Gasteiger partial charge in [-0.05, 0) is 42.5 Å². The maximum absolute atomic E-state index is 9.25. The van der Waals surface area contributed by atoms with Crippen LogP contribution in [0, 0.1) is 0 Å². The monoisotopic (exact) mass is 226 g/mol. The van der Waals surface area contributed by atoms with Crippen molar-refractivity contribution in [1.29, 1.82) is 0 Å². The van der Waals surface area contributed by atoms with Gasteiger partial charge < -0.3 is 15.4 Å². The molecule has 0 aliphatic rings. The Hall–Kier alpha value is -2.49. The van der Waals surface area contributed by atoms with E-state index in [9.17, 15) is 5.11 Å². The first-order chi connectivity index (χ1) is 8.24. The van der Waals surface area contributed by atoms with Crippen LogP contribution in [0.15, 0.2) is 47.0 Å². The lowest BCUT2D eigenvalue weighted by atomic mass is 10.1. The molecule has 3 aromatic rings. The SMILES string of the molecule is Nc1ccc2noc(-c3ccc(O)cc3)c2c1. The largest absolute Gasteiger partial charge is 0.508 e. The van der Waals surface area contributed by atoms with Gasteiger partial charge in [-0.3, -0.25) is 0 Å². The minimum Gasteiger partial charge on any atom is -0.508 e. The van der Waals surface area contributed by atoms with Gasteiger partial charge in [0, 0.05) is 11.3 Å². The molecule has 0 saturated heterocycles. The second-order valence-corrected chi connectivity index (χ2v) is 3.84. The molecule has 0 fully saturated rings. The fourth-order valence-corrected chi connectivity index (χ4v) is 1.78. The molecule has 0 unspecified atom stereocenters. The molecule has 0 spiro atoms. The Morgan fingerprint density at radius 3 is 2.59 bits per heavy atom. The summed E-state index contributed by atoms with van der Waals surface area (Å²) in [5, 5.41) is 14.1. The Bertz CT molecular complexity index is 671. The van der Waals surface area contributed by atoms with Gasteiger partial charge in [0.15, 0.2) is 5.76 Å². The van der Waals surface area contributed by atoms with Crippen LogP contribution in [0.2, 0.25) is 0 Å². The molecule has 4 nitrogen and oxygen atoms in total. The van der Waals surface area contributed by atoms with Gasteiger partial charge in [-0.15, -0.1) is 0 Å². The van der Waals surface area contributed by atoms with E-state index in [-0.39, 0.29) is 5.75 Å². The molecule has 0 radical (unpaired) electrons. The number of hydrogen-bond donors (Lipinski definition) is 2. The zero-order valence-corrected chi connectivity index (χ0v) is 8.92. The van der Waals surface area contributed by atoms with Crippen LogP contribution in [0.25, 0.3) is 22.2 Å². The number of phenols is 1. The van der Waals surface area contributed by atoms with Gasteiger partial charge in [0.2, 0.25) is 0 Å². The van der Waals surface area contributed by atoms with Crippen molar-refractivity contribution in [3.63, 3.8) is 0 Å². The topological polar surface area (TPSA) is 72.3 Å². The summed E-state index contributed by atoms with van der Waals surface area (Å²) in [6.07, 6.45) is 0. The molecule has 84 valence electrons. The van der Waals surface area contributed by atoms with E-state index in [0.29, 0.717) is 11.4 Å². The zero-order valence-electron chi connectivity index (χ0n) is 8.92. The molecule has 17 heavy (non-hydrogen) atoms. The van der Waals surface area contributed by atoms with Gasteiger partial charge >= 0.3 is 0 Å². The highest BCUT2D eigenvalue weighted by Gasteiger charge is 2.10. The lowest BCUT2D eigenvalue weighted by Gasteiger charge is -1.97. The van der Waals surface area contributed by atoms with Gasteiger partial charge in [0.1, 0.15) is 11.3 Å². The van der Waals surface area contributed by atoms with Crippen molar-refractivity contribution in [3.05, 3.63) is 42.5 Å². The molecule has 1 aromatic heterocycles. The summed E-state index contributed by atoms with van der Waals surface area (Å²) in [6, 6.07) is 12.2. The molecule has 0 atom stereocenters. The van der Waals surface area contributed by atoms with Crippen LogP contribution in [-0.4, -0.2) is 10.3 Å². The summed E-state index contributed by atoms with van der Waals surface area (Å²) in [7, 11) is 0. The average molecular weight is 226 g/mol. The third-order valence-electron chi connectivity index (χ3n) is 2.63. The molecule has 0 aliphatic heterocycles. The highest BCUT2D eigenvalue weighted by molar-refractivity contribution is 5.93. The quantitative estimate of drug-likeness (QED) is 0.626. The van der Waals surface area contributed by atoms with Crippen LogP contribution >= 0.6 is 0 Å². The molecule has 3 rings (SSSR count). The Balaban J connectivity index is 2.23. The van der Waals surface area contributed by atoms with Crippen LogP contribution in [0.5, 0.6) is 5.75 Å². The molecule has 0 saturated carbocycles. The predicted molar refractivity (Wildman–Crippen MR) is 65.5 cm³/mol. The molecule has 0 aliphatic carbocycles. The smallest absolute Gasteiger partial charge is 0.174 e. The lowest BCUT2D eigenvalue weighted by Crippen LogP contribution is -1.83. The molecule has 0 amide bonds. The molecular weight excluding hydrogens is 216 g/mol. The van der Waals surface area contributed by atoms with Gasteiger partial charge in [0.25, 0.3) is 0 Å². The van der Waals surface area contributed by atoms with Crippen molar-refractivity contribution in [2.75, 3.05) is 5.73 Å². The van der Waals surface area contributed by atoms with Crippen molar-refractivity contribution < 1.29 is 9.63 Å². The number of fused-ring (bicyclic) bond motifs is 1. The van der Waals surface area contributed by atoms with Crippen molar-refractivity contribution in [3.8, 4) is 17.1 Å². The fourth-order valence-electron chi connectivity index (χ4n) is 1.78. The summed E-state index contributed by atoms with van der Waals surface area (Å²) in [5.41, 5.74) is 8.04. The van der Waals surface area contributed by atoms with E-state index in [0.717, 1.165) is 16.5 Å². The van der Waals surface area contributed by atoms with Crippen LogP contribution in [0.3, 0.4) is 0 Å². The highest BCUT2D eigenvalue weighted by Crippen LogP contribution is 2.30. The maximum atomic E-state index is 9.25. The number of anilines is 1. The predicted octanol–water partition coefficient (Wildman–Crippen LogP) is 2.78. The Kier molecular flexibility index (Phi) is 2.01. The number of hydrogen-bond acceptors (Lipinski definition) is 4. The number of nitrogens with two attached hydrogens (primary N) is 1. The van der Waals surface area contributed by atoms with Crippen LogP contribution in [0.4, 0.5) is 5.69 Å². The lowest BCUT2D eigenvalue weighted by molar-refractivity contribution is 0.440. The fraction of sp³-hybridized carbons (Fsp3) is 0. The summed E-state index contributed by atoms with van der Waals surface area (Å²) in [6.45, 7) is 0. The van der Waals surface area contributed by atoms with E-state index in [1.54, 1.807) is 30.3 Å². The molecule has 0 bridgehead atoms. The first-order valence-electron chi connectivity index (χ1n) is 5.18. The maximum Gasteiger partial charge on any atom is 0.174 e. The molecular formula is C13H10N2O2. The van der Waals surface area contributed by atoms with Crippen molar-refractivity contribution in [1.82, 2.24) is 5.16 Å². The number of nitrogens with zero attached hydrogens (tertiary/aromatic N) is 1. The third kappa shape index (κ3) is 1.59. The minimum atomic E-state index is 0.220. The molecule has 1 heterocycles. The summed E-state index contributed by atoms with van der Waals surface area (Å²) < 4.78 is 5.31. The number of benzene rings is 2. The van der Waals surface area contributed by atoms with Crippen LogP contribution < -0.4 is 5.73 Å². The average Bonchev–Trinajstić information content (AvgIpc) is 2.73. The standard InChI is InChI=1S/C13H10N2O2/c14-9-3-6-12-11(7-9)13(17-15-12)8-1-4-10(16)5-2-8/h1-7,16H,14H2. The highest BCUT2D eigenvalue weighted by atomic mass is 16.5. The number of aromatic hydroxyl groups is 1. The van der Waals surface area contributed by atoms with Crippen LogP contribution in [0.1, 0.15) is 0 Å². The van der Waals surface area contributed by atoms with E-state index < -0.39 is 0 Å². The van der Waals surface area contributed by atoms with E-state index >= 15 is 0 Å². The molecule has 3 N–H and O–H groups in total. The summed E-state index contributed by atoms with van der Waals surface area (Å²) in [4.78, 5) is 0. The zero-order chi connectivity index (χ0) is 11.8.